The van der Waals surface area contributed by atoms with E-state index in [0.717, 1.165) is 25.1 Å². The maximum absolute atomic E-state index is 14.3. The van der Waals surface area contributed by atoms with Gasteiger partial charge in [-0.2, -0.15) is 0 Å². The van der Waals surface area contributed by atoms with Gasteiger partial charge in [-0.25, -0.2) is 8.78 Å². The van der Waals surface area contributed by atoms with E-state index >= 15 is 0 Å². The van der Waals surface area contributed by atoms with Crippen LogP contribution in [0.2, 0.25) is 5.02 Å². The zero-order chi connectivity index (χ0) is 13.5. The van der Waals surface area contributed by atoms with Gasteiger partial charge in [0.1, 0.15) is 11.5 Å². The van der Waals surface area contributed by atoms with Crippen LogP contribution < -0.4 is 0 Å². The lowest BCUT2D eigenvalue weighted by Gasteiger charge is -2.34. The molecule has 3 rings (SSSR count). The molecule has 1 nitrogen and oxygen atoms in total. The SMILES string of the molecule is Fc1cc(CN2CCCC2)c(Cl)cc1C1(F)CCC1. The molecule has 2 fully saturated rings. The van der Waals surface area contributed by atoms with Crippen molar-refractivity contribution in [3.8, 4) is 0 Å². The molecule has 0 N–H and O–H groups in total. The number of benzene rings is 1. The third-order valence-electron chi connectivity index (χ3n) is 4.36. The molecule has 0 unspecified atom stereocenters. The van der Waals surface area contributed by atoms with E-state index in [4.69, 9.17) is 11.6 Å². The van der Waals surface area contributed by atoms with Crippen LogP contribution in [-0.4, -0.2) is 18.0 Å². The molecular weight excluding hydrogens is 268 g/mol. The molecule has 1 aromatic rings. The van der Waals surface area contributed by atoms with Gasteiger partial charge in [0.2, 0.25) is 0 Å². The summed E-state index contributed by atoms with van der Waals surface area (Å²) in [5.41, 5.74) is -0.568. The van der Waals surface area contributed by atoms with Gasteiger partial charge in [0.25, 0.3) is 0 Å². The Hall–Kier alpha value is -0.670. The van der Waals surface area contributed by atoms with Gasteiger partial charge in [-0.15, -0.1) is 0 Å². The third kappa shape index (κ3) is 2.50. The summed E-state index contributed by atoms with van der Waals surface area (Å²) >= 11 is 6.21. The smallest absolute Gasteiger partial charge is 0.138 e. The molecule has 1 aromatic carbocycles. The zero-order valence-electron chi connectivity index (χ0n) is 10.9. The molecule has 0 spiro atoms. The largest absolute Gasteiger partial charge is 0.299 e. The number of hydrogen-bond acceptors (Lipinski definition) is 1. The summed E-state index contributed by atoms with van der Waals surface area (Å²) in [5.74, 6) is -0.444. The maximum atomic E-state index is 14.3. The van der Waals surface area contributed by atoms with Crippen LogP contribution in [0.4, 0.5) is 8.78 Å². The number of halogens is 3. The highest BCUT2D eigenvalue weighted by atomic mass is 35.5. The Labute approximate surface area is 117 Å². The van der Waals surface area contributed by atoms with Crippen LogP contribution in [-0.2, 0) is 12.2 Å². The molecule has 19 heavy (non-hydrogen) atoms. The summed E-state index contributed by atoms with van der Waals surface area (Å²) in [6.45, 7) is 2.73. The van der Waals surface area contributed by atoms with Crippen molar-refractivity contribution in [2.75, 3.05) is 13.1 Å². The summed E-state index contributed by atoms with van der Waals surface area (Å²) in [6.07, 6.45) is 4.01. The fourth-order valence-electron chi connectivity index (χ4n) is 2.99. The lowest BCUT2D eigenvalue weighted by atomic mass is 9.76. The fourth-order valence-corrected chi connectivity index (χ4v) is 3.21. The topological polar surface area (TPSA) is 3.24 Å². The van der Waals surface area contributed by atoms with E-state index in [9.17, 15) is 8.78 Å². The van der Waals surface area contributed by atoms with E-state index < -0.39 is 11.5 Å². The number of nitrogens with zero attached hydrogens (tertiary/aromatic N) is 1. The number of likely N-dealkylation sites (tertiary alicyclic amines) is 1. The highest BCUT2D eigenvalue weighted by Crippen LogP contribution is 2.46. The minimum absolute atomic E-state index is 0.147. The van der Waals surface area contributed by atoms with Gasteiger partial charge < -0.3 is 0 Å². The van der Waals surface area contributed by atoms with Crippen LogP contribution in [0.1, 0.15) is 43.2 Å². The van der Waals surface area contributed by atoms with Gasteiger partial charge in [-0.3, -0.25) is 4.90 Å². The van der Waals surface area contributed by atoms with Crippen LogP contribution in [0.5, 0.6) is 0 Å². The Morgan fingerprint density at radius 1 is 1.16 bits per heavy atom. The number of rotatable bonds is 3. The van der Waals surface area contributed by atoms with Crippen molar-refractivity contribution in [2.45, 2.75) is 44.3 Å². The van der Waals surface area contributed by atoms with Gasteiger partial charge >= 0.3 is 0 Å². The Morgan fingerprint density at radius 3 is 2.42 bits per heavy atom. The van der Waals surface area contributed by atoms with Crippen LogP contribution in [0.25, 0.3) is 0 Å². The number of alkyl halides is 1. The normalized spacial score (nSPS) is 22.5. The predicted octanol–water partition coefficient (Wildman–Crippen LogP) is 4.42. The molecular formula is C15H18ClF2N. The highest BCUT2D eigenvalue weighted by molar-refractivity contribution is 6.31. The van der Waals surface area contributed by atoms with Crippen molar-refractivity contribution in [3.05, 3.63) is 34.1 Å². The summed E-state index contributed by atoms with van der Waals surface area (Å²) < 4.78 is 28.4. The van der Waals surface area contributed by atoms with Crippen LogP contribution >= 0.6 is 11.6 Å². The van der Waals surface area contributed by atoms with Gasteiger partial charge in [0, 0.05) is 17.1 Å². The first-order valence-corrected chi connectivity index (χ1v) is 7.36. The zero-order valence-corrected chi connectivity index (χ0v) is 11.6. The highest BCUT2D eigenvalue weighted by Gasteiger charge is 2.41. The molecule has 0 atom stereocenters. The molecule has 1 saturated carbocycles. The van der Waals surface area contributed by atoms with Crippen molar-refractivity contribution in [3.63, 3.8) is 0 Å². The second-order valence-corrected chi connectivity index (χ2v) is 6.13. The summed E-state index contributed by atoms with van der Waals surface area (Å²) in [6, 6.07) is 2.93. The van der Waals surface area contributed by atoms with Crippen LogP contribution in [0.3, 0.4) is 0 Å². The van der Waals surface area contributed by atoms with Crippen molar-refractivity contribution in [1.82, 2.24) is 4.90 Å². The Bertz CT molecular complexity index is 479. The van der Waals surface area contributed by atoms with E-state index in [0.29, 0.717) is 24.4 Å². The average molecular weight is 286 g/mol. The van der Waals surface area contributed by atoms with E-state index in [1.54, 1.807) is 0 Å². The first-order chi connectivity index (χ1) is 9.08. The molecule has 4 heteroatoms. The fraction of sp³-hybridized carbons (Fsp3) is 0.600. The number of hydrogen-bond donors (Lipinski definition) is 0. The standard InChI is InChI=1S/C15H18ClF2N/c16-13-9-12(15(18)4-3-5-15)14(17)8-11(13)10-19-6-1-2-7-19/h8-9H,1-7,10H2. The van der Waals surface area contributed by atoms with Crippen molar-refractivity contribution >= 4 is 11.6 Å². The second-order valence-electron chi connectivity index (χ2n) is 5.73. The average Bonchev–Trinajstić information content (AvgIpc) is 2.83. The predicted molar refractivity (Wildman–Crippen MR) is 72.6 cm³/mol. The molecule has 0 radical (unpaired) electrons. The van der Waals surface area contributed by atoms with E-state index in [1.165, 1.54) is 25.0 Å². The van der Waals surface area contributed by atoms with E-state index in [-0.39, 0.29) is 5.56 Å². The molecule has 0 amide bonds. The molecule has 1 aliphatic heterocycles. The van der Waals surface area contributed by atoms with Gasteiger partial charge in [-0.1, -0.05) is 11.6 Å². The molecule has 1 heterocycles. The Balaban J connectivity index is 1.84. The molecule has 0 bridgehead atoms. The maximum Gasteiger partial charge on any atom is 0.138 e. The van der Waals surface area contributed by atoms with E-state index in [1.807, 2.05) is 0 Å². The van der Waals surface area contributed by atoms with Gasteiger partial charge in [-0.05, 0) is 62.9 Å². The monoisotopic (exact) mass is 285 g/mol. The molecule has 2 aliphatic rings. The Kier molecular flexibility index (Phi) is 3.52. The van der Waals surface area contributed by atoms with E-state index in [2.05, 4.69) is 4.90 Å². The van der Waals surface area contributed by atoms with Crippen LogP contribution in [0, 0.1) is 5.82 Å². The van der Waals surface area contributed by atoms with Gasteiger partial charge in [0.05, 0.1) is 0 Å². The quantitative estimate of drug-likeness (QED) is 0.794. The lowest BCUT2D eigenvalue weighted by Crippen LogP contribution is -2.30. The van der Waals surface area contributed by atoms with Crippen LogP contribution in [0.15, 0.2) is 12.1 Å². The minimum Gasteiger partial charge on any atom is -0.299 e. The second kappa shape index (κ2) is 5.02. The summed E-state index contributed by atoms with van der Waals surface area (Å²) in [4.78, 5) is 2.26. The third-order valence-corrected chi connectivity index (χ3v) is 4.71. The van der Waals surface area contributed by atoms with Crippen molar-refractivity contribution in [2.24, 2.45) is 0 Å². The van der Waals surface area contributed by atoms with Crippen molar-refractivity contribution in [1.29, 1.82) is 0 Å². The minimum atomic E-state index is -1.49. The molecule has 0 aromatic heterocycles. The summed E-state index contributed by atoms with van der Waals surface area (Å²) in [5, 5.41) is 0.493. The Morgan fingerprint density at radius 2 is 1.84 bits per heavy atom. The van der Waals surface area contributed by atoms with Gasteiger partial charge in [0.15, 0.2) is 0 Å². The first kappa shape index (κ1) is 13.3. The summed E-state index contributed by atoms with van der Waals surface area (Å²) in [7, 11) is 0. The van der Waals surface area contributed by atoms with Crippen molar-refractivity contribution < 1.29 is 8.78 Å². The molecule has 1 saturated heterocycles. The lowest BCUT2D eigenvalue weighted by molar-refractivity contribution is 0.0567. The first-order valence-electron chi connectivity index (χ1n) is 6.98. The molecule has 104 valence electrons. The molecule has 1 aliphatic carbocycles.